The first-order chi connectivity index (χ1) is 13.3. The third-order valence-electron chi connectivity index (χ3n) is 5.20. The van der Waals surface area contributed by atoms with Crippen LogP contribution < -0.4 is 10.6 Å². The third-order valence-corrected chi connectivity index (χ3v) is 5.20. The van der Waals surface area contributed by atoms with Crippen LogP contribution in [0.15, 0.2) is 54.6 Å². The van der Waals surface area contributed by atoms with Crippen molar-refractivity contribution >= 4 is 5.91 Å². The Labute approximate surface area is 162 Å². The van der Waals surface area contributed by atoms with E-state index in [1.165, 1.54) is 18.4 Å². The van der Waals surface area contributed by atoms with Gasteiger partial charge >= 0.3 is 0 Å². The molecule has 27 heavy (non-hydrogen) atoms. The molecular weight excluding hydrogens is 336 g/mol. The molecular formula is C23H30N2O2. The highest BCUT2D eigenvalue weighted by molar-refractivity contribution is 5.75. The largest absolute Gasteiger partial charge is 0.372 e. The molecule has 1 aliphatic rings. The molecule has 0 spiro atoms. The second-order valence-corrected chi connectivity index (χ2v) is 7.26. The van der Waals surface area contributed by atoms with Gasteiger partial charge in [-0.1, -0.05) is 54.6 Å². The van der Waals surface area contributed by atoms with Gasteiger partial charge in [0.15, 0.2) is 0 Å². The molecule has 4 heteroatoms. The first-order valence-electron chi connectivity index (χ1n) is 9.97. The zero-order valence-electron chi connectivity index (χ0n) is 16.0. The lowest BCUT2D eigenvalue weighted by atomic mass is 9.93. The van der Waals surface area contributed by atoms with Crippen molar-refractivity contribution in [2.24, 2.45) is 5.92 Å². The van der Waals surface area contributed by atoms with Crippen LogP contribution in [-0.2, 0) is 29.3 Å². The van der Waals surface area contributed by atoms with Crippen LogP contribution in [0.3, 0.4) is 0 Å². The van der Waals surface area contributed by atoms with Gasteiger partial charge in [-0.05, 0) is 55.0 Å². The van der Waals surface area contributed by atoms with E-state index in [-0.39, 0.29) is 5.91 Å². The van der Waals surface area contributed by atoms with E-state index in [2.05, 4.69) is 34.9 Å². The van der Waals surface area contributed by atoms with Gasteiger partial charge in [-0.25, -0.2) is 0 Å². The topological polar surface area (TPSA) is 50.4 Å². The van der Waals surface area contributed by atoms with Crippen LogP contribution in [0.25, 0.3) is 0 Å². The van der Waals surface area contributed by atoms with Gasteiger partial charge < -0.3 is 15.4 Å². The average molecular weight is 367 g/mol. The standard InChI is InChI=1S/C23H30N2O2/c26-23(11-10-19-12-14-24-15-13-19)25-16-21-8-4-5-9-22(21)18-27-17-20-6-2-1-3-7-20/h1-9,19,24H,10-18H2,(H,25,26). The van der Waals surface area contributed by atoms with Crippen molar-refractivity contribution in [2.75, 3.05) is 13.1 Å². The van der Waals surface area contributed by atoms with Crippen molar-refractivity contribution in [3.63, 3.8) is 0 Å². The second kappa shape index (κ2) is 10.9. The Morgan fingerprint density at radius 2 is 1.67 bits per heavy atom. The summed E-state index contributed by atoms with van der Waals surface area (Å²) in [7, 11) is 0. The fourth-order valence-corrected chi connectivity index (χ4v) is 3.51. The fraction of sp³-hybridized carbons (Fsp3) is 0.435. The second-order valence-electron chi connectivity index (χ2n) is 7.26. The number of hydrogen-bond donors (Lipinski definition) is 2. The van der Waals surface area contributed by atoms with Crippen molar-refractivity contribution < 1.29 is 9.53 Å². The molecule has 1 aliphatic heterocycles. The molecule has 1 saturated heterocycles. The lowest BCUT2D eigenvalue weighted by molar-refractivity contribution is -0.121. The molecule has 0 saturated carbocycles. The van der Waals surface area contributed by atoms with Gasteiger partial charge in [-0.15, -0.1) is 0 Å². The van der Waals surface area contributed by atoms with Gasteiger partial charge in [0.05, 0.1) is 13.2 Å². The van der Waals surface area contributed by atoms with Gasteiger partial charge in [0.1, 0.15) is 0 Å². The molecule has 0 unspecified atom stereocenters. The number of rotatable bonds is 9. The molecule has 1 amide bonds. The van der Waals surface area contributed by atoms with E-state index < -0.39 is 0 Å². The van der Waals surface area contributed by atoms with E-state index in [4.69, 9.17) is 4.74 Å². The van der Waals surface area contributed by atoms with E-state index in [1.54, 1.807) is 0 Å². The molecule has 2 N–H and O–H groups in total. The Bertz CT molecular complexity index is 697. The predicted octanol–water partition coefficient (Wildman–Crippen LogP) is 3.80. The van der Waals surface area contributed by atoms with Crippen molar-refractivity contribution in [1.82, 2.24) is 10.6 Å². The molecule has 1 fully saturated rings. The summed E-state index contributed by atoms with van der Waals surface area (Å²) in [6.45, 7) is 3.88. The number of benzene rings is 2. The highest BCUT2D eigenvalue weighted by atomic mass is 16.5. The summed E-state index contributed by atoms with van der Waals surface area (Å²) >= 11 is 0. The van der Waals surface area contributed by atoms with Crippen molar-refractivity contribution in [3.8, 4) is 0 Å². The quantitative estimate of drug-likeness (QED) is 0.710. The summed E-state index contributed by atoms with van der Waals surface area (Å²) in [5, 5.41) is 6.45. The fourth-order valence-electron chi connectivity index (χ4n) is 3.51. The average Bonchev–Trinajstić information content (AvgIpc) is 2.73. The maximum Gasteiger partial charge on any atom is 0.220 e. The smallest absolute Gasteiger partial charge is 0.220 e. The minimum Gasteiger partial charge on any atom is -0.372 e. The van der Waals surface area contributed by atoms with Crippen LogP contribution >= 0.6 is 0 Å². The van der Waals surface area contributed by atoms with E-state index >= 15 is 0 Å². The molecule has 1 heterocycles. The Kier molecular flexibility index (Phi) is 7.87. The third kappa shape index (κ3) is 6.81. The van der Waals surface area contributed by atoms with Crippen LogP contribution in [0.4, 0.5) is 0 Å². The van der Waals surface area contributed by atoms with Crippen molar-refractivity contribution in [2.45, 2.75) is 45.4 Å². The van der Waals surface area contributed by atoms with Crippen LogP contribution in [0, 0.1) is 5.92 Å². The molecule has 2 aromatic rings. The maximum absolute atomic E-state index is 12.2. The maximum atomic E-state index is 12.2. The Balaban J connectivity index is 1.42. The van der Waals surface area contributed by atoms with Gasteiger partial charge in [-0.3, -0.25) is 4.79 Å². The number of carbonyl (C=O) groups is 1. The zero-order valence-corrected chi connectivity index (χ0v) is 16.0. The highest BCUT2D eigenvalue weighted by Crippen LogP contribution is 2.17. The number of carbonyl (C=O) groups excluding carboxylic acids is 1. The number of piperidine rings is 1. The minimum atomic E-state index is 0.147. The number of nitrogens with one attached hydrogen (secondary N) is 2. The highest BCUT2D eigenvalue weighted by Gasteiger charge is 2.14. The SMILES string of the molecule is O=C(CCC1CCNCC1)NCc1ccccc1COCc1ccccc1. The number of hydrogen-bond acceptors (Lipinski definition) is 3. The van der Waals surface area contributed by atoms with Crippen LogP contribution in [0.1, 0.15) is 42.4 Å². The molecule has 2 aromatic carbocycles. The van der Waals surface area contributed by atoms with Crippen LogP contribution in [0.2, 0.25) is 0 Å². The van der Waals surface area contributed by atoms with Gasteiger partial charge in [0.25, 0.3) is 0 Å². The summed E-state index contributed by atoms with van der Waals surface area (Å²) in [6.07, 6.45) is 4.00. The summed E-state index contributed by atoms with van der Waals surface area (Å²) in [5.41, 5.74) is 3.43. The summed E-state index contributed by atoms with van der Waals surface area (Å²) in [6, 6.07) is 18.3. The van der Waals surface area contributed by atoms with Gasteiger partial charge in [0.2, 0.25) is 5.91 Å². The molecule has 4 nitrogen and oxygen atoms in total. The summed E-state index contributed by atoms with van der Waals surface area (Å²) in [4.78, 5) is 12.2. The molecule has 0 atom stereocenters. The normalized spacial score (nSPS) is 14.8. The van der Waals surface area contributed by atoms with Crippen LogP contribution in [0.5, 0.6) is 0 Å². The lowest BCUT2D eigenvalue weighted by Crippen LogP contribution is -2.29. The molecule has 0 radical (unpaired) electrons. The first-order valence-corrected chi connectivity index (χ1v) is 9.97. The monoisotopic (exact) mass is 366 g/mol. The van der Waals surface area contributed by atoms with E-state index in [0.717, 1.165) is 30.6 Å². The first kappa shape index (κ1) is 19.6. The Hall–Kier alpha value is -2.17. The predicted molar refractivity (Wildman–Crippen MR) is 108 cm³/mol. The molecule has 3 rings (SSSR count). The van der Waals surface area contributed by atoms with E-state index in [1.807, 2.05) is 30.3 Å². The van der Waals surface area contributed by atoms with Crippen LogP contribution in [-0.4, -0.2) is 19.0 Å². The summed E-state index contributed by atoms with van der Waals surface area (Å²) < 4.78 is 5.86. The molecule has 0 aromatic heterocycles. The zero-order chi connectivity index (χ0) is 18.7. The Morgan fingerprint density at radius 1 is 0.963 bits per heavy atom. The van der Waals surface area contributed by atoms with Gasteiger partial charge in [-0.2, -0.15) is 0 Å². The Morgan fingerprint density at radius 3 is 2.44 bits per heavy atom. The molecule has 144 valence electrons. The minimum absolute atomic E-state index is 0.147. The van der Waals surface area contributed by atoms with Crippen molar-refractivity contribution in [1.29, 1.82) is 0 Å². The molecule has 0 bridgehead atoms. The number of amides is 1. The lowest BCUT2D eigenvalue weighted by Gasteiger charge is -2.22. The number of ether oxygens (including phenoxy) is 1. The van der Waals surface area contributed by atoms with Crippen molar-refractivity contribution in [3.05, 3.63) is 71.3 Å². The van der Waals surface area contributed by atoms with E-state index in [0.29, 0.717) is 32.1 Å². The van der Waals surface area contributed by atoms with Gasteiger partial charge in [0, 0.05) is 13.0 Å². The van der Waals surface area contributed by atoms with E-state index in [9.17, 15) is 4.79 Å². The summed E-state index contributed by atoms with van der Waals surface area (Å²) in [5.74, 6) is 0.837. The molecule has 0 aliphatic carbocycles.